The van der Waals surface area contributed by atoms with Crippen molar-refractivity contribution >= 4 is 43.5 Å². The summed E-state index contributed by atoms with van der Waals surface area (Å²) in [6.07, 6.45) is 0. The van der Waals surface area contributed by atoms with E-state index in [1.54, 1.807) is 0 Å². The molecule has 0 saturated carbocycles. The standard InChI is InChI=1S/C47H29N3O/c1-2-12-32(13-3-1)36-27-28-39(38-16-7-6-15-37(36)38)46-48-45(33-24-21-31(22-25-33)35-26-23-30-11-4-5-14-34(30)29-35)49-47(50-46)41-18-10-20-43-44(41)40-17-8-9-19-42(40)51-43/h1-29H. The molecule has 10 aromatic rings. The van der Waals surface area contributed by atoms with Gasteiger partial charge in [-0.1, -0.05) is 152 Å². The van der Waals surface area contributed by atoms with Crippen LogP contribution in [0.1, 0.15) is 0 Å². The van der Waals surface area contributed by atoms with Gasteiger partial charge in [0.15, 0.2) is 17.5 Å². The van der Waals surface area contributed by atoms with Gasteiger partial charge < -0.3 is 4.42 Å². The topological polar surface area (TPSA) is 51.8 Å². The molecule has 8 aromatic carbocycles. The number of furan rings is 1. The Labute approximate surface area is 294 Å². The van der Waals surface area contributed by atoms with E-state index in [0.29, 0.717) is 17.5 Å². The van der Waals surface area contributed by atoms with E-state index < -0.39 is 0 Å². The van der Waals surface area contributed by atoms with Gasteiger partial charge in [0.2, 0.25) is 0 Å². The number of nitrogens with zero attached hydrogens (tertiary/aromatic N) is 3. The minimum Gasteiger partial charge on any atom is -0.456 e. The third-order valence-corrected chi connectivity index (χ3v) is 9.75. The molecule has 0 N–H and O–H groups in total. The second kappa shape index (κ2) is 11.9. The Bertz CT molecular complexity index is 2910. The molecule has 2 aromatic heterocycles. The summed E-state index contributed by atoms with van der Waals surface area (Å²) in [6, 6.07) is 61.1. The van der Waals surface area contributed by atoms with E-state index in [9.17, 15) is 0 Å². The molecule has 0 atom stereocenters. The van der Waals surface area contributed by atoms with Gasteiger partial charge in [0.05, 0.1) is 0 Å². The Hall–Kier alpha value is -6.91. The SMILES string of the molecule is c1ccc(-c2ccc(-c3nc(-c4ccc(-c5ccc6ccccc6c5)cc4)nc(-c4cccc5oc6ccccc6c45)n3)c3ccccc23)cc1. The molecule has 0 unspecified atom stereocenters. The zero-order valence-corrected chi connectivity index (χ0v) is 27.5. The normalized spacial score (nSPS) is 11.5. The fourth-order valence-electron chi connectivity index (χ4n) is 7.25. The summed E-state index contributed by atoms with van der Waals surface area (Å²) in [5.41, 5.74) is 9.05. The maximum Gasteiger partial charge on any atom is 0.164 e. The molecule has 2 heterocycles. The summed E-state index contributed by atoms with van der Waals surface area (Å²) >= 11 is 0. The molecule has 0 aliphatic carbocycles. The Balaban J connectivity index is 1.17. The minimum absolute atomic E-state index is 0.599. The fourth-order valence-corrected chi connectivity index (χ4v) is 7.25. The lowest BCUT2D eigenvalue weighted by Gasteiger charge is -2.13. The van der Waals surface area contributed by atoms with Gasteiger partial charge in [0, 0.05) is 27.5 Å². The van der Waals surface area contributed by atoms with Crippen LogP contribution in [0.3, 0.4) is 0 Å². The lowest BCUT2D eigenvalue weighted by atomic mass is 9.94. The summed E-state index contributed by atoms with van der Waals surface area (Å²) in [5.74, 6) is 1.83. The molecule has 0 radical (unpaired) electrons. The van der Waals surface area contributed by atoms with Crippen molar-refractivity contribution in [1.82, 2.24) is 15.0 Å². The lowest BCUT2D eigenvalue weighted by Crippen LogP contribution is -2.01. The van der Waals surface area contributed by atoms with E-state index in [4.69, 9.17) is 19.4 Å². The van der Waals surface area contributed by atoms with Gasteiger partial charge in [-0.2, -0.15) is 0 Å². The Morgan fingerprint density at radius 3 is 1.73 bits per heavy atom. The molecule has 0 amide bonds. The average molecular weight is 652 g/mol. The van der Waals surface area contributed by atoms with E-state index in [0.717, 1.165) is 55.0 Å². The summed E-state index contributed by atoms with van der Waals surface area (Å²) < 4.78 is 6.27. The number of hydrogen-bond acceptors (Lipinski definition) is 4. The Morgan fingerprint density at radius 2 is 0.902 bits per heavy atom. The van der Waals surface area contributed by atoms with Crippen molar-refractivity contribution in [3.8, 4) is 56.4 Å². The van der Waals surface area contributed by atoms with Crippen LogP contribution in [0.4, 0.5) is 0 Å². The molecule has 0 aliphatic rings. The molecule has 238 valence electrons. The van der Waals surface area contributed by atoms with Crippen LogP contribution in [0.2, 0.25) is 0 Å². The zero-order valence-electron chi connectivity index (χ0n) is 27.5. The van der Waals surface area contributed by atoms with Crippen molar-refractivity contribution in [2.24, 2.45) is 0 Å². The first-order valence-corrected chi connectivity index (χ1v) is 17.1. The smallest absolute Gasteiger partial charge is 0.164 e. The van der Waals surface area contributed by atoms with Crippen molar-refractivity contribution < 1.29 is 4.42 Å². The van der Waals surface area contributed by atoms with Crippen LogP contribution in [0.25, 0.3) is 99.9 Å². The van der Waals surface area contributed by atoms with Crippen molar-refractivity contribution in [1.29, 1.82) is 0 Å². The van der Waals surface area contributed by atoms with Crippen molar-refractivity contribution in [2.75, 3.05) is 0 Å². The third-order valence-electron chi connectivity index (χ3n) is 9.75. The summed E-state index contributed by atoms with van der Waals surface area (Å²) in [5, 5.41) is 6.70. The number of benzene rings is 8. The van der Waals surface area contributed by atoms with E-state index >= 15 is 0 Å². The van der Waals surface area contributed by atoms with Crippen LogP contribution in [0.5, 0.6) is 0 Å². The number of fused-ring (bicyclic) bond motifs is 5. The highest BCUT2D eigenvalue weighted by molar-refractivity contribution is 6.12. The van der Waals surface area contributed by atoms with Crippen LogP contribution in [0, 0.1) is 0 Å². The van der Waals surface area contributed by atoms with Crippen LogP contribution >= 0.6 is 0 Å². The average Bonchev–Trinajstić information content (AvgIpc) is 3.59. The fraction of sp³-hybridized carbons (Fsp3) is 0. The van der Waals surface area contributed by atoms with Crippen molar-refractivity contribution in [3.05, 3.63) is 176 Å². The largest absolute Gasteiger partial charge is 0.456 e. The second-order valence-corrected chi connectivity index (χ2v) is 12.8. The molecule has 10 rings (SSSR count). The van der Waals surface area contributed by atoms with Crippen LogP contribution in [-0.4, -0.2) is 15.0 Å². The summed E-state index contributed by atoms with van der Waals surface area (Å²) in [7, 11) is 0. The highest BCUT2D eigenvalue weighted by Gasteiger charge is 2.19. The van der Waals surface area contributed by atoms with Crippen molar-refractivity contribution in [2.45, 2.75) is 0 Å². The monoisotopic (exact) mass is 651 g/mol. The van der Waals surface area contributed by atoms with Crippen LogP contribution in [0.15, 0.2) is 180 Å². The molecular weight excluding hydrogens is 623 g/mol. The van der Waals surface area contributed by atoms with Gasteiger partial charge in [-0.3, -0.25) is 0 Å². The molecule has 4 heteroatoms. The molecular formula is C47H29N3O. The highest BCUT2D eigenvalue weighted by atomic mass is 16.3. The highest BCUT2D eigenvalue weighted by Crippen LogP contribution is 2.39. The van der Waals surface area contributed by atoms with Crippen LogP contribution < -0.4 is 0 Å². The molecule has 0 bridgehead atoms. The molecule has 4 nitrogen and oxygen atoms in total. The van der Waals surface area contributed by atoms with E-state index in [1.807, 2.05) is 36.4 Å². The maximum absolute atomic E-state index is 6.27. The first-order chi connectivity index (χ1) is 25.3. The van der Waals surface area contributed by atoms with Gasteiger partial charge in [-0.15, -0.1) is 0 Å². The van der Waals surface area contributed by atoms with Gasteiger partial charge in [-0.25, -0.2) is 15.0 Å². The van der Waals surface area contributed by atoms with Gasteiger partial charge in [0.1, 0.15) is 11.2 Å². The van der Waals surface area contributed by atoms with E-state index in [1.165, 1.54) is 27.5 Å². The first kappa shape index (κ1) is 29.0. The number of hydrogen-bond donors (Lipinski definition) is 0. The van der Waals surface area contributed by atoms with Gasteiger partial charge >= 0.3 is 0 Å². The van der Waals surface area contributed by atoms with Gasteiger partial charge in [-0.05, 0) is 68.1 Å². The lowest BCUT2D eigenvalue weighted by molar-refractivity contribution is 0.669. The first-order valence-electron chi connectivity index (χ1n) is 17.1. The van der Waals surface area contributed by atoms with Gasteiger partial charge in [0.25, 0.3) is 0 Å². The summed E-state index contributed by atoms with van der Waals surface area (Å²) in [4.78, 5) is 15.6. The van der Waals surface area contributed by atoms with Crippen LogP contribution in [-0.2, 0) is 0 Å². The minimum atomic E-state index is 0.599. The summed E-state index contributed by atoms with van der Waals surface area (Å²) in [6.45, 7) is 0. The molecule has 0 saturated heterocycles. The molecule has 0 aliphatic heterocycles. The predicted octanol–water partition coefficient (Wildman–Crippen LogP) is 12.4. The third kappa shape index (κ3) is 5.04. The Morgan fingerprint density at radius 1 is 0.314 bits per heavy atom. The molecule has 51 heavy (non-hydrogen) atoms. The second-order valence-electron chi connectivity index (χ2n) is 12.8. The number of para-hydroxylation sites is 1. The quantitative estimate of drug-likeness (QED) is 0.186. The van der Waals surface area contributed by atoms with E-state index in [2.05, 4.69) is 140 Å². The van der Waals surface area contributed by atoms with Crippen molar-refractivity contribution in [3.63, 3.8) is 0 Å². The molecule has 0 spiro atoms. The zero-order chi connectivity index (χ0) is 33.7. The number of rotatable bonds is 5. The maximum atomic E-state index is 6.27. The molecule has 0 fully saturated rings. The van der Waals surface area contributed by atoms with E-state index in [-0.39, 0.29) is 0 Å². The predicted molar refractivity (Wildman–Crippen MR) is 209 cm³/mol. The number of aromatic nitrogens is 3. The Kier molecular flexibility index (Phi) is 6.78.